The quantitative estimate of drug-likeness (QED) is 0.394. The number of ether oxygens (including phenoxy) is 2. The number of benzene rings is 1. The van der Waals surface area contributed by atoms with Gasteiger partial charge in [0.05, 0.1) is 24.3 Å². The number of nitrogens with zero attached hydrogens (tertiary/aromatic N) is 2. The molecule has 2 rings (SSSR count). The van der Waals surface area contributed by atoms with Crippen LogP contribution in [-0.4, -0.2) is 74.2 Å². The number of esters is 1. The number of rotatable bonds is 10. The van der Waals surface area contributed by atoms with E-state index in [2.05, 4.69) is 10.6 Å². The van der Waals surface area contributed by atoms with Gasteiger partial charge < -0.3 is 29.9 Å². The summed E-state index contributed by atoms with van der Waals surface area (Å²) < 4.78 is 10.1. The minimum Gasteiger partial charge on any atom is -0.466 e. The number of carbonyl (C=O) groups is 4. The van der Waals surface area contributed by atoms with Crippen LogP contribution in [0.1, 0.15) is 57.3 Å². The molecule has 0 fully saturated rings. The van der Waals surface area contributed by atoms with E-state index in [1.54, 1.807) is 26.1 Å². The molecule has 1 aliphatic heterocycles. The SMILES string of the molecule is CCOC(=O)CCN1CC(=O)N(C)c2ccc(NCCCCNC(=O)OC(C)(C)C)cc2C1=O. The molecule has 1 aromatic rings. The lowest BCUT2D eigenvalue weighted by Gasteiger charge is -2.19. The third-order valence-electron chi connectivity index (χ3n) is 5.07. The highest BCUT2D eigenvalue weighted by molar-refractivity contribution is 6.10. The summed E-state index contributed by atoms with van der Waals surface area (Å²) >= 11 is 0. The summed E-state index contributed by atoms with van der Waals surface area (Å²) in [6.07, 6.45) is 1.15. The van der Waals surface area contributed by atoms with E-state index >= 15 is 0 Å². The summed E-state index contributed by atoms with van der Waals surface area (Å²) in [5, 5.41) is 6.00. The Bertz CT molecular complexity index is 896. The Morgan fingerprint density at radius 1 is 1.12 bits per heavy atom. The molecular weight excluding hydrogens is 440 g/mol. The van der Waals surface area contributed by atoms with Gasteiger partial charge in [0, 0.05) is 32.4 Å². The zero-order valence-electron chi connectivity index (χ0n) is 20.7. The van der Waals surface area contributed by atoms with Crippen LogP contribution in [0.25, 0.3) is 0 Å². The van der Waals surface area contributed by atoms with Crippen molar-refractivity contribution in [3.05, 3.63) is 23.8 Å². The standard InChI is InChI=1S/C24H36N4O6/c1-6-33-21(30)11-14-28-16-20(29)27(5)19-10-9-17(15-18(19)22(28)31)25-12-7-8-13-26-23(32)34-24(2,3)4/h9-10,15,25H,6-8,11-14,16H2,1-5H3,(H,26,32). The molecule has 0 saturated carbocycles. The van der Waals surface area contributed by atoms with E-state index in [0.29, 0.717) is 24.3 Å². The first-order chi connectivity index (χ1) is 16.0. The van der Waals surface area contributed by atoms with Gasteiger partial charge in [-0.3, -0.25) is 14.4 Å². The second-order valence-corrected chi connectivity index (χ2v) is 9.03. The molecule has 1 heterocycles. The first-order valence-corrected chi connectivity index (χ1v) is 11.6. The monoisotopic (exact) mass is 476 g/mol. The molecule has 0 spiro atoms. The summed E-state index contributed by atoms with van der Waals surface area (Å²) in [4.78, 5) is 51.9. The second-order valence-electron chi connectivity index (χ2n) is 9.03. The number of alkyl carbamates (subject to hydrolysis) is 1. The fourth-order valence-corrected chi connectivity index (χ4v) is 3.38. The van der Waals surface area contributed by atoms with Gasteiger partial charge in [0.25, 0.3) is 5.91 Å². The van der Waals surface area contributed by atoms with Gasteiger partial charge in [0.15, 0.2) is 0 Å². The van der Waals surface area contributed by atoms with Crippen molar-refractivity contribution in [2.24, 2.45) is 0 Å². The predicted molar refractivity (Wildman–Crippen MR) is 129 cm³/mol. The molecule has 188 valence electrons. The number of hydrogen-bond donors (Lipinski definition) is 2. The van der Waals surface area contributed by atoms with Crippen LogP contribution in [0.2, 0.25) is 0 Å². The minimum absolute atomic E-state index is 0.0289. The van der Waals surface area contributed by atoms with E-state index in [4.69, 9.17) is 9.47 Å². The zero-order chi connectivity index (χ0) is 25.3. The van der Waals surface area contributed by atoms with Crippen molar-refractivity contribution in [2.75, 3.05) is 50.1 Å². The maximum Gasteiger partial charge on any atom is 0.407 e. The third kappa shape index (κ3) is 8.24. The van der Waals surface area contributed by atoms with Gasteiger partial charge in [-0.1, -0.05) is 0 Å². The van der Waals surface area contributed by atoms with Gasteiger partial charge in [0.1, 0.15) is 12.1 Å². The number of likely N-dealkylation sites (N-methyl/N-ethyl adjacent to an activating group) is 1. The molecule has 3 amide bonds. The smallest absolute Gasteiger partial charge is 0.407 e. The van der Waals surface area contributed by atoms with Crippen LogP contribution < -0.4 is 15.5 Å². The topological polar surface area (TPSA) is 117 Å². The maximum atomic E-state index is 13.1. The Labute approximate surface area is 200 Å². The van der Waals surface area contributed by atoms with Crippen LogP contribution in [0, 0.1) is 0 Å². The van der Waals surface area contributed by atoms with Gasteiger partial charge in [-0.2, -0.15) is 0 Å². The number of hydrogen-bond acceptors (Lipinski definition) is 7. The molecule has 0 unspecified atom stereocenters. The van der Waals surface area contributed by atoms with Gasteiger partial charge in [-0.25, -0.2) is 4.79 Å². The number of amides is 3. The van der Waals surface area contributed by atoms with Gasteiger partial charge in [0.2, 0.25) is 5.91 Å². The minimum atomic E-state index is -0.526. The highest BCUT2D eigenvalue weighted by Gasteiger charge is 2.30. The Kier molecular flexibility index (Phi) is 9.70. The van der Waals surface area contributed by atoms with Crippen molar-refractivity contribution in [1.29, 1.82) is 0 Å². The molecule has 34 heavy (non-hydrogen) atoms. The Morgan fingerprint density at radius 2 is 1.82 bits per heavy atom. The van der Waals surface area contributed by atoms with Crippen LogP contribution in [0.15, 0.2) is 18.2 Å². The summed E-state index contributed by atoms with van der Waals surface area (Å²) in [6.45, 7) is 8.58. The van der Waals surface area contributed by atoms with Crippen LogP contribution in [0.3, 0.4) is 0 Å². The summed E-state index contributed by atoms with van der Waals surface area (Å²) in [5.41, 5.74) is 1.15. The Morgan fingerprint density at radius 3 is 2.50 bits per heavy atom. The molecule has 10 nitrogen and oxygen atoms in total. The molecule has 2 N–H and O–H groups in total. The van der Waals surface area contributed by atoms with Crippen molar-refractivity contribution in [2.45, 2.75) is 52.6 Å². The molecule has 0 atom stereocenters. The number of unbranched alkanes of at least 4 members (excludes halogenated alkanes) is 1. The van der Waals surface area contributed by atoms with Crippen molar-refractivity contribution >= 4 is 35.3 Å². The predicted octanol–water partition coefficient (Wildman–Crippen LogP) is 2.78. The van der Waals surface area contributed by atoms with E-state index in [1.165, 1.54) is 9.80 Å². The number of carbonyl (C=O) groups excluding carboxylic acids is 4. The molecule has 0 aromatic heterocycles. The second kappa shape index (κ2) is 12.2. The van der Waals surface area contributed by atoms with Crippen molar-refractivity contribution < 1.29 is 28.7 Å². The van der Waals surface area contributed by atoms with E-state index in [1.807, 2.05) is 26.8 Å². The molecule has 10 heteroatoms. The number of fused-ring (bicyclic) bond motifs is 1. The van der Waals surface area contributed by atoms with Gasteiger partial charge in [-0.15, -0.1) is 0 Å². The first-order valence-electron chi connectivity index (χ1n) is 11.6. The van der Waals surface area contributed by atoms with Crippen LogP contribution in [0.4, 0.5) is 16.2 Å². The molecule has 0 bridgehead atoms. The molecule has 1 aromatic carbocycles. The zero-order valence-corrected chi connectivity index (χ0v) is 20.7. The summed E-state index contributed by atoms with van der Waals surface area (Å²) in [7, 11) is 1.63. The normalized spacial score (nSPS) is 13.8. The van der Waals surface area contributed by atoms with E-state index < -0.39 is 17.7 Å². The number of nitrogens with one attached hydrogen (secondary N) is 2. The maximum absolute atomic E-state index is 13.1. The number of anilines is 2. The highest BCUT2D eigenvalue weighted by Crippen LogP contribution is 2.28. The Hall–Kier alpha value is -3.30. The molecule has 0 saturated heterocycles. The lowest BCUT2D eigenvalue weighted by atomic mass is 10.1. The van der Waals surface area contributed by atoms with Crippen LogP contribution in [-0.2, 0) is 19.1 Å². The molecule has 0 aliphatic carbocycles. The largest absolute Gasteiger partial charge is 0.466 e. The van der Waals surface area contributed by atoms with E-state index in [-0.39, 0.29) is 37.9 Å². The average Bonchev–Trinajstić information content (AvgIpc) is 2.84. The molecule has 0 radical (unpaired) electrons. The highest BCUT2D eigenvalue weighted by atomic mass is 16.6. The lowest BCUT2D eigenvalue weighted by molar-refractivity contribution is -0.143. The van der Waals surface area contributed by atoms with Crippen LogP contribution in [0.5, 0.6) is 0 Å². The first kappa shape index (κ1) is 26.9. The molecule has 1 aliphatic rings. The fraction of sp³-hybridized carbons (Fsp3) is 0.583. The lowest BCUT2D eigenvalue weighted by Crippen LogP contribution is -2.39. The van der Waals surface area contributed by atoms with Gasteiger partial charge in [-0.05, 0) is 58.7 Å². The van der Waals surface area contributed by atoms with Crippen LogP contribution >= 0.6 is 0 Å². The Balaban J connectivity index is 1.93. The van der Waals surface area contributed by atoms with Crippen molar-refractivity contribution in [3.8, 4) is 0 Å². The van der Waals surface area contributed by atoms with E-state index in [9.17, 15) is 19.2 Å². The third-order valence-corrected chi connectivity index (χ3v) is 5.07. The average molecular weight is 477 g/mol. The summed E-state index contributed by atoms with van der Waals surface area (Å²) in [6, 6.07) is 5.29. The van der Waals surface area contributed by atoms with E-state index in [0.717, 1.165) is 18.5 Å². The van der Waals surface area contributed by atoms with Gasteiger partial charge >= 0.3 is 12.1 Å². The fourth-order valence-electron chi connectivity index (χ4n) is 3.38. The summed E-state index contributed by atoms with van der Waals surface area (Å²) in [5.74, 6) is -0.937. The van der Waals surface area contributed by atoms with Crippen molar-refractivity contribution in [3.63, 3.8) is 0 Å². The molecular formula is C24H36N4O6. The van der Waals surface area contributed by atoms with Crippen molar-refractivity contribution in [1.82, 2.24) is 10.2 Å².